The Labute approximate surface area is 131 Å². The largest absolute Gasteiger partial charge is 0.298 e. The summed E-state index contributed by atoms with van der Waals surface area (Å²) in [6, 6.07) is 11.6. The van der Waals surface area contributed by atoms with Crippen molar-refractivity contribution < 1.29 is 0 Å². The van der Waals surface area contributed by atoms with E-state index in [2.05, 4.69) is 44.3 Å². The molecule has 116 valence electrons. The first-order valence-electron chi connectivity index (χ1n) is 8.24. The molecule has 0 unspecified atom stereocenters. The number of piperazine rings is 1. The molecule has 0 saturated carbocycles. The lowest BCUT2D eigenvalue weighted by molar-refractivity contribution is 0.0533. The average molecular weight is 297 g/mol. The molecule has 0 radical (unpaired) electrons. The van der Waals surface area contributed by atoms with Crippen LogP contribution in [0, 0.1) is 0 Å². The van der Waals surface area contributed by atoms with Crippen LogP contribution in [0.5, 0.6) is 0 Å². The molecule has 2 aliphatic rings. The summed E-state index contributed by atoms with van der Waals surface area (Å²) in [4.78, 5) is 5.22. The van der Waals surface area contributed by atoms with Gasteiger partial charge in [-0.15, -0.1) is 0 Å². The van der Waals surface area contributed by atoms with E-state index in [1.165, 1.54) is 25.9 Å². The first-order chi connectivity index (χ1) is 10.8. The molecular weight excluding hydrogens is 274 g/mol. The summed E-state index contributed by atoms with van der Waals surface area (Å²) in [7, 11) is 0. The Balaban J connectivity index is 1.53. The summed E-state index contributed by atoms with van der Waals surface area (Å²) in [5.41, 5.74) is 3.18. The molecule has 2 atom stereocenters. The Morgan fingerprint density at radius 2 is 2.05 bits per heavy atom. The number of rotatable bonds is 3. The molecular formula is C17H23N5. The predicted molar refractivity (Wildman–Crippen MR) is 86.3 cm³/mol. The van der Waals surface area contributed by atoms with Crippen LogP contribution in [0.4, 0.5) is 0 Å². The summed E-state index contributed by atoms with van der Waals surface area (Å²) < 4.78 is 0. The van der Waals surface area contributed by atoms with Crippen molar-refractivity contribution in [3.05, 3.63) is 36.0 Å². The van der Waals surface area contributed by atoms with Crippen LogP contribution < -0.4 is 0 Å². The van der Waals surface area contributed by atoms with Crippen molar-refractivity contribution in [3.63, 3.8) is 0 Å². The maximum atomic E-state index is 4.42. The van der Waals surface area contributed by atoms with Crippen LogP contribution in [0.25, 0.3) is 11.3 Å². The van der Waals surface area contributed by atoms with E-state index in [-0.39, 0.29) is 0 Å². The van der Waals surface area contributed by atoms with Crippen LogP contribution in [0.1, 0.15) is 25.5 Å². The van der Waals surface area contributed by atoms with Gasteiger partial charge in [0.05, 0.1) is 0 Å². The number of fused-ring (bicyclic) bond motifs is 1. The van der Waals surface area contributed by atoms with Gasteiger partial charge in [-0.25, -0.2) is 0 Å². The van der Waals surface area contributed by atoms with Crippen molar-refractivity contribution in [3.8, 4) is 11.3 Å². The van der Waals surface area contributed by atoms with Gasteiger partial charge in [-0.1, -0.05) is 30.3 Å². The van der Waals surface area contributed by atoms with Crippen molar-refractivity contribution in [2.24, 2.45) is 0 Å². The van der Waals surface area contributed by atoms with Gasteiger partial charge in [-0.2, -0.15) is 15.4 Å². The highest BCUT2D eigenvalue weighted by molar-refractivity contribution is 5.60. The molecule has 2 aromatic rings. The van der Waals surface area contributed by atoms with Crippen molar-refractivity contribution >= 4 is 0 Å². The number of nitrogens with zero attached hydrogens (tertiary/aromatic N) is 4. The van der Waals surface area contributed by atoms with Gasteiger partial charge in [0.15, 0.2) is 0 Å². The first-order valence-corrected chi connectivity index (χ1v) is 8.24. The van der Waals surface area contributed by atoms with Crippen LogP contribution in [-0.2, 0) is 6.54 Å². The maximum absolute atomic E-state index is 4.42. The van der Waals surface area contributed by atoms with E-state index in [1.54, 1.807) is 0 Å². The zero-order valence-corrected chi connectivity index (χ0v) is 13.1. The van der Waals surface area contributed by atoms with Gasteiger partial charge in [0.1, 0.15) is 11.4 Å². The van der Waals surface area contributed by atoms with Gasteiger partial charge < -0.3 is 0 Å². The second kappa shape index (κ2) is 5.82. The van der Waals surface area contributed by atoms with Crippen LogP contribution in [-0.4, -0.2) is 56.9 Å². The lowest BCUT2D eigenvalue weighted by Crippen LogP contribution is -2.54. The molecule has 0 amide bonds. The molecule has 5 nitrogen and oxygen atoms in total. The lowest BCUT2D eigenvalue weighted by atomic mass is 10.1. The summed E-state index contributed by atoms with van der Waals surface area (Å²) >= 11 is 0. The van der Waals surface area contributed by atoms with Crippen LogP contribution >= 0.6 is 0 Å². The highest BCUT2D eigenvalue weighted by atomic mass is 15.4. The van der Waals surface area contributed by atoms with E-state index >= 15 is 0 Å². The topological polar surface area (TPSA) is 48.0 Å². The van der Waals surface area contributed by atoms with E-state index in [9.17, 15) is 0 Å². The standard InChI is InChI=1S/C17H23N5/c1-13-10-21-9-5-8-15(21)11-22(13)12-16-17(19-20-18-16)14-6-3-2-4-7-14/h2-4,6-7,13,15H,5,8-12H2,1H3,(H,18,19,20)/t13-,15-/m0/s1. The van der Waals surface area contributed by atoms with Crippen LogP contribution in [0.2, 0.25) is 0 Å². The Kier molecular flexibility index (Phi) is 3.68. The zero-order valence-electron chi connectivity index (χ0n) is 13.1. The molecule has 5 heteroatoms. The van der Waals surface area contributed by atoms with E-state index in [1.807, 2.05) is 18.2 Å². The van der Waals surface area contributed by atoms with E-state index in [0.717, 1.165) is 36.1 Å². The third-order valence-electron chi connectivity index (χ3n) is 5.09. The van der Waals surface area contributed by atoms with Gasteiger partial charge in [-0.05, 0) is 26.3 Å². The van der Waals surface area contributed by atoms with Gasteiger partial charge in [-0.3, -0.25) is 9.80 Å². The normalized spacial score (nSPS) is 26.2. The quantitative estimate of drug-likeness (QED) is 0.943. The highest BCUT2D eigenvalue weighted by Crippen LogP contribution is 2.27. The summed E-state index contributed by atoms with van der Waals surface area (Å²) in [5, 5.41) is 11.6. The molecule has 1 aromatic heterocycles. The van der Waals surface area contributed by atoms with Crippen molar-refractivity contribution in [2.45, 2.75) is 38.4 Å². The van der Waals surface area contributed by atoms with Gasteiger partial charge in [0, 0.05) is 37.3 Å². The lowest BCUT2D eigenvalue weighted by Gasteiger charge is -2.42. The molecule has 1 aromatic carbocycles. The molecule has 3 heterocycles. The molecule has 1 N–H and O–H groups in total. The number of aromatic amines is 1. The third kappa shape index (κ3) is 2.55. The van der Waals surface area contributed by atoms with Crippen molar-refractivity contribution in [2.75, 3.05) is 19.6 Å². The Bertz CT molecular complexity index is 623. The molecule has 0 aliphatic carbocycles. The van der Waals surface area contributed by atoms with Gasteiger partial charge >= 0.3 is 0 Å². The second-order valence-corrected chi connectivity index (χ2v) is 6.55. The van der Waals surface area contributed by atoms with E-state index < -0.39 is 0 Å². The number of hydrogen-bond donors (Lipinski definition) is 1. The maximum Gasteiger partial charge on any atom is 0.117 e. The predicted octanol–water partition coefficient (Wildman–Crippen LogP) is 2.14. The Hall–Kier alpha value is -1.72. The minimum absolute atomic E-state index is 0.578. The van der Waals surface area contributed by atoms with E-state index in [4.69, 9.17) is 0 Å². The number of aromatic nitrogens is 3. The average Bonchev–Trinajstić information content (AvgIpc) is 3.17. The second-order valence-electron chi connectivity index (χ2n) is 6.55. The van der Waals surface area contributed by atoms with Crippen molar-refractivity contribution in [1.82, 2.24) is 25.2 Å². The molecule has 22 heavy (non-hydrogen) atoms. The fourth-order valence-electron chi connectivity index (χ4n) is 3.85. The number of benzene rings is 1. The third-order valence-corrected chi connectivity index (χ3v) is 5.09. The number of nitrogens with one attached hydrogen (secondary N) is 1. The van der Waals surface area contributed by atoms with Crippen LogP contribution in [0.3, 0.4) is 0 Å². The highest BCUT2D eigenvalue weighted by Gasteiger charge is 2.34. The monoisotopic (exact) mass is 297 g/mol. The number of H-pyrrole nitrogens is 1. The minimum Gasteiger partial charge on any atom is -0.298 e. The van der Waals surface area contributed by atoms with Crippen molar-refractivity contribution in [1.29, 1.82) is 0 Å². The molecule has 2 saturated heterocycles. The molecule has 2 fully saturated rings. The Morgan fingerprint density at radius 1 is 1.18 bits per heavy atom. The fraction of sp³-hybridized carbons (Fsp3) is 0.529. The summed E-state index contributed by atoms with van der Waals surface area (Å²) in [6.07, 6.45) is 2.69. The zero-order chi connectivity index (χ0) is 14.9. The smallest absolute Gasteiger partial charge is 0.117 e. The van der Waals surface area contributed by atoms with Gasteiger partial charge in [0.2, 0.25) is 0 Å². The fourth-order valence-corrected chi connectivity index (χ4v) is 3.85. The SMILES string of the molecule is C[C@H]1CN2CCC[C@H]2CN1Cc1n[nH]nc1-c1ccccc1. The molecule has 4 rings (SSSR count). The van der Waals surface area contributed by atoms with Gasteiger partial charge in [0.25, 0.3) is 0 Å². The van der Waals surface area contributed by atoms with Crippen LogP contribution in [0.15, 0.2) is 30.3 Å². The van der Waals surface area contributed by atoms with E-state index in [0.29, 0.717) is 6.04 Å². The Morgan fingerprint density at radius 3 is 2.91 bits per heavy atom. The first kappa shape index (κ1) is 13.9. The summed E-state index contributed by atoms with van der Waals surface area (Å²) in [6.45, 7) is 6.83. The minimum atomic E-state index is 0.578. The molecule has 0 spiro atoms. The summed E-state index contributed by atoms with van der Waals surface area (Å²) in [5.74, 6) is 0. The molecule has 2 aliphatic heterocycles. The number of hydrogen-bond acceptors (Lipinski definition) is 4. The molecule has 0 bridgehead atoms.